The summed E-state index contributed by atoms with van der Waals surface area (Å²) >= 11 is 0. The number of phenols is 1. The van der Waals surface area contributed by atoms with Gasteiger partial charge < -0.3 is 15.3 Å². The van der Waals surface area contributed by atoms with Crippen LogP contribution in [0, 0.1) is 5.82 Å². The summed E-state index contributed by atoms with van der Waals surface area (Å²) in [6.07, 6.45) is -0.995. The minimum absolute atomic E-state index is 0.138. The summed E-state index contributed by atoms with van der Waals surface area (Å²) in [6, 6.07) is 18.4. The van der Waals surface area contributed by atoms with Crippen LogP contribution in [0.15, 0.2) is 66.7 Å². The number of aliphatic hydroxyl groups excluding tert-OH is 1. The summed E-state index contributed by atoms with van der Waals surface area (Å²) in [4.78, 5) is 0. The zero-order valence-corrected chi connectivity index (χ0v) is 14.6. The molecular formula is C22H21FO3. The van der Waals surface area contributed by atoms with Crippen molar-refractivity contribution >= 4 is 0 Å². The lowest BCUT2D eigenvalue weighted by atomic mass is 9.93. The fraction of sp³-hybridized carbons (Fsp3) is 0.182. The first-order valence-electron chi connectivity index (χ1n) is 8.35. The molecule has 3 N–H and O–H groups in total. The van der Waals surface area contributed by atoms with Crippen molar-refractivity contribution in [2.75, 3.05) is 0 Å². The highest BCUT2D eigenvalue weighted by Gasteiger charge is 2.25. The lowest BCUT2D eigenvalue weighted by Gasteiger charge is -2.24. The molecule has 0 aliphatic rings. The highest BCUT2D eigenvalue weighted by molar-refractivity contribution is 5.71. The van der Waals surface area contributed by atoms with Crippen molar-refractivity contribution in [1.82, 2.24) is 0 Å². The van der Waals surface area contributed by atoms with Crippen LogP contribution >= 0.6 is 0 Å². The zero-order valence-electron chi connectivity index (χ0n) is 14.6. The highest BCUT2D eigenvalue weighted by atomic mass is 19.1. The van der Waals surface area contributed by atoms with Crippen LogP contribution in [-0.4, -0.2) is 20.9 Å². The Bertz CT molecular complexity index is 894. The van der Waals surface area contributed by atoms with Gasteiger partial charge in [0.15, 0.2) is 0 Å². The van der Waals surface area contributed by atoms with Gasteiger partial charge in [-0.05, 0) is 54.3 Å². The van der Waals surface area contributed by atoms with Crippen LogP contribution < -0.4 is 0 Å². The predicted octanol–water partition coefficient (Wildman–Crippen LogP) is 4.67. The molecule has 3 aromatic carbocycles. The Labute approximate surface area is 152 Å². The van der Waals surface area contributed by atoms with E-state index in [2.05, 4.69) is 0 Å². The largest absolute Gasteiger partial charge is 0.508 e. The lowest BCUT2D eigenvalue weighted by Crippen LogP contribution is -2.28. The minimum atomic E-state index is -1.24. The third-order valence-electron chi connectivity index (χ3n) is 4.38. The molecule has 4 heteroatoms. The molecule has 0 saturated heterocycles. The molecule has 134 valence electrons. The Hall–Kier alpha value is -2.69. The SMILES string of the molecule is CC(C)(O)C(O)c1ccc(-c2ccc(-c3ccc(O)cc3)c(F)c2)cc1. The summed E-state index contributed by atoms with van der Waals surface area (Å²) in [5.74, 6) is -0.215. The van der Waals surface area contributed by atoms with E-state index < -0.39 is 11.7 Å². The highest BCUT2D eigenvalue weighted by Crippen LogP contribution is 2.31. The van der Waals surface area contributed by atoms with Crippen molar-refractivity contribution in [3.63, 3.8) is 0 Å². The van der Waals surface area contributed by atoms with Crippen molar-refractivity contribution in [3.8, 4) is 28.0 Å². The number of rotatable bonds is 4. The molecule has 1 unspecified atom stereocenters. The summed E-state index contributed by atoms with van der Waals surface area (Å²) in [7, 11) is 0. The van der Waals surface area contributed by atoms with E-state index in [-0.39, 0.29) is 11.6 Å². The fourth-order valence-electron chi connectivity index (χ4n) is 2.84. The number of halogens is 1. The standard InChI is InChI=1S/C22H21FO3/c1-22(2,26)21(25)16-5-3-14(4-6-16)17-9-12-19(20(23)13-17)15-7-10-18(24)11-8-15/h3-13,21,24-26H,1-2H3. The predicted molar refractivity (Wildman–Crippen MR) is 100 cm³/mol. The molecular weight excluding hydrogens is 331 g/mol. The average molecular weight is 352 g/mol. The summed E-state index contributed by atoms with van der Waals surface area (Å²) in [5.41, 5.74) is 2.04. The quantitative estimate of drug-likeness (QED) is 0.639. The van der Waals surface area contributed by atoms with Crippen molar-refractivity contribution in [1.29, 1.82) is 0 Å². The smallest absolute Gasteiger partial charge is 0.131 e. The number of aliphatic hydroxyl groups is 2. The maximum absolute atomic E-state index is 14.6. The van der Waals surface area contributed by atoms with E-state index in [0.717, 1.165) is 5.56 Å². The summed E-state index contributed by atoms with van der Waals surface area (Å²) in [6.45, 7) is 3.09. The topological polar surface area (TPSA) is 60.7 Å². The molecule has 0 aliphatic carbocycles. The van der Waals surface area contributed by atoms with Gasteiger partial charge in [0.2, 0.25) is 0 Å². The molecule has 3 aromatic rings. The Morgan fingerprint density at radius 1 is 0.808 bits per heavy atom. The molecule has 0 aromatic heterocycles. The number of hydrogen-bond acceptors (Lipinski definition) is 3. The van der Waals surface area contributed by atoms with Gasteiger partial charge in [0, 0.05) is 5.56 Å². The molecule has 0 saturated carbocycles. The van der Waals surface area contributed by atoms with Crippen LogP contribution in [0.3, 0.4) is 0 Å². The van der Waals surface area contributed by atoms with Crippen LogP contribution in [-0.2, 0) is 0 Å². The van der Waals surface area contributed by atoms with Crippen LogP contribution in [0.5, 0.6) is 5.75 Å². The Morgan fingerprint density at radius 2 is 1.35 bits per heavy atom. The second kappa shape index (κ2) is 6.90. The molecule has 3 rings (SSSR count). The van der Waals surface area contributed by atoms with E-state index >= 15 is 0 Å². The Kier molecular flexibility index (Phi) is 4.81. The van der Waals surface area contributed by atoms with E-state index in [4.69, 9.17) is 0 Å². The van der Waals surface area contributed by atoms with Gasteiger partial charge in [0.1, 0.15) is 17.7 Å². The van der Waals surface area contributed by atoms with Crippen LogP contribution in [0.25, 0.3) is 22.3 Å². The van der Waals surface area contributed by atoms with Crippen molar-refractivity contribution < 1.29 is 19.7 Å². The molecule has 0 amide bonds. The minimum Gasteiger partial charge on any atom is -0.508 e. The lowest BCUT2D eigenvalue weighted by molar-refractivity contribution is -0.0496. The molecule has 0 radical (unpaired) electrons. The fourth-order valence-corrected chi connectivity index (χ4v) is 2.84. The first-order valence-corrected chi connectivity index (χ1v) is 8.35. The maximum atomic E-state index is 14.6. The molecule has 0 aliphatic heterocycles. The first kappa shape index (κ1) is 18.1. The van der Waals surface area contributed by atoms with Gasteiger partial charge in [-0.25, -0.2) is 4.39 Å². The number of hydrogen-bond donors (Lipinski definition) is 3. The molecule has 26 heavy (non-hydrogen) atoms. The van der Waals surface area contributed by atoms with E-state index in [1.54, 1.807) is 56.3 Å². The van der Waals surface area contributed by atoms with Crippen LogP contribution in [0.4, 0.5) is 4.39 Å². The number of benzene rings is 3. The van der Waals surface area contributed by atoms with Crippen molar-refractivity contribution in [2.45, 2.75) is 25.6 Å². The van der Waals surface area contributed by atoms with Gasteiger partial charge in [0.05, 0.1) is 5.60 Å². The molecule has 3 nitrogen and oxygen atoms in total. The normalized spacial score (nSPS) is 12.8. The Balaban J connectivity index is 1.88. The van der Waals surface area contributed by atoms with E-state index in [1.165, 1.54) is 18.2 Å². The molecule has 0 spiro atoms. The van der Waals surface area contributed by atoms with Gasteiger partial charge in [-0.1, -0.05) is 48.5 Å². The van der Waals surface area contributed by atoms with Crippen LogP contribution in [0.1, 0.15) is 25.5 Å². The molecule has 0 fully saturated rings. The van der Waals surface area contributed by atoms with Crippen molar-refractivity contribution in [3.05, 3.63) is 78.1 Å². The van der Waals surface area contributed by atoms with Gasteiger partial charge in [0.25, 0.3) is 0 Å². The Morgan fingerprint density at radius 3 is 1.88 bits per heavy atom. The number of phenolic OH excluding ortho intramolecular Hbond substituents is 1. The second-order valence-corrected chi connectivity index (χ2v) is 6.92. The third kappa shape index (κ3) is 3.77. The maximum Gasteiger partial charge on any atom is 0.131 e. The molecule has 0 bridgehead atoms. The van der Waals surface area contributed by atoms with Gasteiger partial charge in [-0.3, -0.25) is 0 Å². The molecule has 0 heterocycles. The van der Waals surface area contributed by atoms with E-state index in [0.29, 0.717) is 22.3 Å². The second-order valence-electron chi connectivity index (χ2n) is 6.92. The number of aromatic hydroxyl groups is 1. The van der Waals surface area contributed by atoms with E-state index in [9.17, 15) is 19.7 Å². The summed E-state index contributed by atoms with van der Waals surface area (Å²) < 4.78 is 14.6. The first-order chi connectivity index (χ1) is 12.3. The van der Waals surface area contributed by atoms with Gasteiger partial charge >= 0.3 is 0 Å². The van der Waals surface area contributed by atoms with E-state index in [1.807, 2.05) is 6.07 Å². The van der Waals surface area contributed by atoms with Crippen LogP contribution in [0.2, 0.25) is 0 Å². The van der Waals surface area contributed by atoms with Gasteiger partial charge in [-0.15, -0.1) is 0 Å². The molecule has 1 atom stereocenters. The third-order valence-corrected chi connectivity index (χ3v) is 4.38. The average Bonchev–Trinajstić information content (AvgIpc) is 2.61. The van der Waals surface area contributed by atoms with Gasteiger partial charge in [-0.2, -0.15) is 0 Å². The van der Waals surface area contributed by atoms with Crippen molar-refractivity contribution in [2.24, 2.45) is 0 Å². The monoisotopic (exact) mass is 352 g/mol. The summed E-state index contributed by atoms with van der Waals surface area (Å²) in [5, 5.41) is 29.4. The zero-order chi connectivity index (χ0) is 18.9.